The summed E-state index contributed by atoms with van der Waals surface area (Å²) < 4.78 is 0. The third-order valence-electron chi connectivity index (χ3n) is 3.19. The van der Waals surface area contributed by atoms with E-state index in [0.29, 0.717) is 16.8 Å². The fourth-order valence-electron chi connectivity index (χ4n) is 1.83. The molecule has 1 unspecified atom stereocenters. The molecule has 3 nitrogen and oxygen atoms in total. The van der Waals surface area contributed by atoms with E-state index >= 15 is 0 Å². The van der Waals surface area contributed by atoms with Crippen LogP contribution in [0.2, 0.25) is 5.15 Å². The zero-order valence-electron chi connectivity index (χ0n) is 9.44. The van der Waals surface area contributed by atoms with Gasteiger partial charge in [-0.3, -0.25) is 0 Å². The van der Waals surface area contributed by atoms with Crippen molar-refractivity contribution in [2.45, 2.75) is 25.8 Å². The minimum absolute atomic E-state index is 0.379. The summed E-state index contributed by atoms with van der Waals surface area (Å²) in [4.78, 5) is 6.35. The van der Waals surface area contributed by atoms with Crippen molar-refractivity contribution in [3.63, 3.8) is 0 Å². The Kier molecular flexibility index (Phi) is 3.02. The second-order valence-electron chi connectivity index (χ2n) is 4.34. The zero-order chi connectivity index (χ0) is 11.7. The predicted molar refractivity (Wildman–Crippen MR) is 64.6 cm³/mol. The summed E-state index contributed by atoms with van der Waals surface area (Å²) in [6.45, 7) is 2.19. The molecule has 0 N–H and O–H groups in total. The Morgan fingerprint density at radius 2 is 2.25 bits per heavy atom. The first-order valence-corrected chi connectivity index (χ1v) is 5.80. The minimum Gasteiger partial charge on any atom is -0.357 e. The number of nitriles is 1. The Labute approximate surface area is 101 Å². The molecule has 1 aliphatic carbocycles. The summed E-state index contributed by atoms with van der Waals surface area (Å²) in [6, 6.07) is 5.92. The number of pyridine rings is 1. The molecule has 0 bridgehead atoms. The first kappa shape index (κ1) is 11.2. The number of halogens is 1. The van der Waals surface area contributed by atoms with Gasteiger partial charge >= 0.3 is 0 Å². The molecule has 1 aromatic heterocycles. The molecule has 2 rings (SSSR count). The van der Waals surface area contributed by atoms with Crippen molar-refractivity contribution < 1.29 is 0 Å². The highest BCUT2D eigenvalue weighted by molar-refractivity contribution is 6.29. The molecule has 1 heterocycles. The van der Waals surface area contributed by atoms with E-state index in [0.717, 1.165) is 11.7 Å². The lowest BCUT2D eigenvalue weighted by atomic mass is 10.2. The minimum atomic E-state index is 0.379. The molecule has 0 spiro atoms. The van der Waals surface area contributed by atoms with E-state index in [4.69, 9.17) is 16.9 Å². The second kappa shape index (κ2) is 4.31. The molecule has 16 heavy (non-hydrogen) atoms. The summed E-state index contributed by atoms with van der Waals surface area (Å²) in [7, 11) is 2.00. The molecule has 84 valence electrons. The Morgan fingerprint density at radius 3 is 2.81 bits per heavy atom. The third kappa shape index (κ3) is 2.28. The van der Waals surface area contributed by atoms with Crippen LogP contribution in [-0.2, 0) is 0 Å². The van der Waals surface area contributed by atoms with Crippen molar-refractivity contribution in [3.8, 4) is 6.07 Å². The highest BCUT2D eigenvalue weighted by atomic mass is 35.5. The summed E-state index contributed by atoms with van der Waals surface area (Å²) in [5.41, 5.74) is 0.560. The number of aromatic nitrogens is 1. The van der Waals surface area contributed by atoms with Gasteiger partial charge in [-0.25, -0.2) is 4.98 Å². The lowest BCUT2D eigenvalue weighted by molar-refractivity contribution is 0.604. The van der Waals surface area contributed by atoms with Crippen LogP contribution in [0.1, 0.15) is 25.3 Å². The molecule has 0 aromatic carbocycles. The summed E-state index contributed by atoms with van der Waals surface area (Å²) in [5.74, 6) is 1.54. The molecule has 1 fully saturated rings. The van der Waals surface area contributed by atoms with E-state index in [1.165, 1.54) is 12.8 Å². The topological polar surface area (TPSA) is 39.9 Å². The lowest BCUT2D eigenvalue weighted by Crippen LogP contribution is -2.31. The van der Waals surface area contributed by atoms with Crippen molar-refractivity contribution in [1.82, 2.24) is 4.98 Å². The number of hydrogen-bond acceptors (Lipinski definition) is 3. The molecule has 1 atom stereocenters. The van der Waals surface area contributed by atoms with E-state index in [9.17, 15) is 0 Å². The van der Waals surface area contributed by atoms with E-state index in [-0.39, 0.29) is 0 Å². The fourth-order valence-corrected chi connectivity index (χ4v) is 2.04. The maximum Gasteiger partial charge on any atom is 0.132 e. The molecule has 1 aliphatic rings. The SMILES string of the molecule is CC(C1CC1)N(C)c1cc(C#N)cc(Cl)n1. The van der Waals surface area contributed by atoms with Crippen LogP contribution in [0.3, 0.4) is 0 Å². The molecule has 0 amide bonds. The molecular formula is C12H14ClN3. The Balaban J connectivity index is 2.25. The Bertz CT molecular complexity index is 434. The van der Waals surface area contributed by atoms with Crippen LogP contribution in [-0.4, -0.2) is 18.1 Å². The first-order chi connectivity index (χ1) is 7.61. The monoisotopic (exact) mass is 235 g/mol. The smallest absolute Gasteiger partial charge is 0.132 e. The van der Waals surface area contributed by atoms with Gasteiger partial charge in [0.25, 0.3) is 0 Å². The maximum absolute atomic E-state index is 8.87. The summed E-state index contributed by atoms with van der Waals surface area (Å²) >= 11 is 5.88. The van der Waals surface area contributed by atoms with Gasteiger partial charge in [-0.2, -0.15) is 5.26 Å². The Morgan fingerprint density at radius 1 is 1.56 bits per heavy atom. The molecule has 1 saturated carbocycles. The number of hydrogen-bond donors (Lipinski definition) is 0. The van der Waals surface area contributed by atoms with E-state index in [2.05, 4.69) is 22.9 Å². The van der Waals surface area contributed by atoms with Crippen LogP contribution in [0.15, 0.2) is 12.1 Å². The van der Waals surface area contributed by atoms with Gasteiger partial charge in [-0.1, -0.05) is 11.6 Å². The number of rotatable bonds is 3. The van der Waals surface area contributed by atoms with Gasteiger partial charge in [0.05, 0.1) is 11.6 Å². The molecule has 0 saturated heterocycles. The molecule has 1 aromatic rings. The van der Waals surface area contributed by atoms with Gasteiger partial charge in [-0.15, -0.1) is 0 Å². The molecule has 0 radical (unpaired) electrons. The quantitative estimate of drug-likeness (QED) is 0.757. The van der Waals surface area contributed by atoms with E-state index in [1.54, 1.807) is 12.1 Å². The second-order valence-corrected chi connectivity index (χ2v) is 4.72. The molecular weight excluding hydrogens is 222 g/mol. The van der Waals surface area contributed by atoms with Gasteiger partial charge in [0.15, 0.2) is 0 Å². The summed E-state index contributed by atoms with van der Waals surface area (Å²) in [5, 5.41) is 9.25. The van der Waals surface area contributed by atoms with Crippen molar-refractivity contribution in [2.75, 3.05) is 11.9 Å². The van der Waals surface area contributed by atoms with Crippen LogP contribution in [0.5, 0.6) is 0 Å². The normalized spacial score (nSPS) is 16.6. The number of nitrogens with zero attached hydrogens (tertiary/aromatic N) is 3. The predicted octanol–water partition coefficient (Wildman–Crippen LogP) is 2.84. The van der Waals surface area contributed by atoms with Crippen molar-refractivity contribution in [1.29, 1.82) is 5.26 Å². The van der Waals surface area contributed by atoms with Crippen molar-refractivity contribution >= 4 is 17.4 Å². The van der Waals surface area contributed by atoms with Gasteiger partial charge in [0.1, 0.15) is 11.0 Å². The average molecular weight is 236 g/mol. The highest BCUT2D eigenvalue weighted by Gasteiger charge is 2.31. The first-order valence-electron chi connectivity index (χ1n) is 5.42. The lowest BCUT2D eigenvalue weighted by Gasteiger charge is -2.26. The van der Waals surface area contributed by atoms with Gasteiger partial charge < -0.3 is 4.90 Å². The summed E-state index contributed by atoms with van der Waals surface area (Å²) in [6.07, 6.45) is 2.58. The molecule has 0 aliphatic heterocycles. The largest absolute Gasteiger partial charge is 0.357 e. The standard InChI is InChI=1S/C12H14ClN3/c1-8(10-3-4-10)16(2)12-6-9(7-14)5-11(13)15-12/h5-6,8,10H,3-4H2,1-2H3. The van der Waals surface area contributed by atoms with Crippen LogP contribution in [0, 0.1) is 17.2 Å². The van der Waals surface area contributed by atoms with Gasteiger partial charge in [0, 0.05) is 13.1 Å². The van der Waals surface area contributed by atoms with Crippen LogP contribution in [0.25, 0.3) is 0 Å². The zero-order valence-corrected chi connectivity index (χ0v) is 10.2. The fraction of sp³-hybridized carbons (Fsp3) is 0.500. The average Bonchev–Trinajstić information content (AvgIpc) is 3.10. The highest BCUT2D eigenvalue weighted by Crippen LogP contribution is 2.36. The van der Waals surface area contributed by atoms with Crippen molar-refractivity contribution in [2.24, 2.45) is 5.92 Å². The van der Waals surface area contributed by atoms with Crippen LogP contribution >= 0.6 is 11.6 Å². The van der Waals surface area contributed by atoms with Gasteiger partial charge in [0.2, 0.25) is 0 Å². The van der Waals surface area contributed by atoms with Crippen LogP contribution < -0.4 is 4.90 Å². The third-order valence-corrected chi connectivity index (χ3v) is 3.38. The maximum atomic E-state index is 8.87. The number of anilines is 1. The van der Waals surface area contributed by atoms with Gasteiger partial charge in [-0.05, 0) is 37.8 Å². The van der Waals surface area contributed by atoms with E-state index < -0.39 is 0 Å². The molecule has 4 heteroatoms. The van der Waals surface area contributed by atoms with Crippen LogP contribution in [0.4, 0.5) is 5.82 Å². The van der Waals surface area contributed by atoms with E-state index in [1.807, 2.05) is 7.05 Å². The Hall–Kier alpha value is -1.27. The van der Waals surface area contributed by atoms with Crippen molar-refractivity contribution in [3.05, 3.63) is 22.8 Å².